The van der Waals surface area contributed by atoms with Gasteiger partial charge in [0.1, 0.15) is 5.75 Å². The molecule has 132 valence electrons. The van der Waals surface area contributed by atoms with E-state index in [4.69, 9.17) is 9.72 Å². The zero-order valence-electron chi connectivity index (χ0n) is 14.7. The summed E-state index contributed by atoms with van der Waals surface area (Å²) in [5, 5.41) is 9.44. The smallest absolute Gasteiger partial charge is 0.307 e. The number of carbonyl (C=O) groups is 1. The standard InChI is InChI=1S/C20H24N2O3/c1-14-6-3-10-18(21-14)19(15-7-4-9-17(12-15)25-2)22-11-5-8-16(13-22)20(23)24/h3-4,6-7,9-10,12,16,19H,5,8,11,13H2,1-2H3,(H,23,24). The van der Waals surface area contributed by atoms with Gasteiger partial charge in [-0.15, -0.1) is 0 Å². The van der Waals surface area contributed by atoms with Gasteiger partial charge in [0.2, 0.25) is 0 Å². The molecule has 1 aromatic heterocycles. The van der Waals surface area contributed by atoms with Crippen LogP contribution < -0.4 is 4.74 Å². The Morgan fingerprint density at radius 2 is 2.12 bits per heavy atom. The first kappa shape index (κ1) is 17.4. The normalized spacial score (nSPS) is 19.4. The largest absolute Gasteiger partial charge is 0.497 e. The number of ether oxygens (including phenoxy) is 1. The molecule has 5 nitrogen and oxygen atoms in total. The summed E-state index contributed by atoms with van der Waals surface area (Å²) in [6.45, 7) is 3.37. The average molecular weight is 340 g/mol. The Morgan fingerprint density at radius 3 is 2.84 bits per heavy atom. The average Bonchev–Trinajstić information content (AvgIpc) is 2.62. The molecule has 3 rings (SSSR count). The highest BCUT2D eigenvalue weighted by atomic mass is 16.5. The predicted molar refractivity (Wildman–Crippen MR) is 95.7 cm³/mol. The van der Waals surface area contributed by atoms with Crippen molar-refractivity contribution < 1.29 is 14.6 Å². The molecule has 0 saturated carbocycles. The first-order valence-corrected chi connectivity index (χ1v) is 8.63. The third-order valence-electron chi connectivity index (χ3n) is 4.77. The highest BCUT2D eigenvalue weighted by Crippen LogP contribution is 2.33. The van der Waals surface area contributed by atoms with Gasteiger partial charge in [-0.1, -0.05) is 18.2 Å². The van der Waals surface area contributed by atoms with E-state index in [0.29, 0.717) is 6.54 Å². The lowest BCUT2D eigenvalue weighted by atomic mass is 9.93. The molecule has 0 amide bonds. The summed E-state index contributed by atoms with van der Waals surface area (Å²) in [7, 11) is 1.65. The van der Waals surface area contributed by atoms with Gasteiger partial charge in [0.15, 0.2) is 0 Å². The maximum atomic E-state index is 11.5. The molecule has 1 aromatic carbocycles. The van der Waals surface area contributed by atoms with Crippen molar-refractivity contribution in [3.8, 4) is 5.75 Å². The van der Waals surface area contributed by atoms with E-state index in [-0.39, 0.29) is 12.0 Å². The van der Waals surface area contributed by atoms with Crippen LogP contribution in [0.4, 0.5) is 0 Å². The maximum absolute atomic E-state index is 11.5. The van der Waals surface area contributed by atoms with E-state index in [9.17, 15) is 9.90 Å². The van der Waals surface area contributed by atoms with Crippen molar-refractivity contribution in [3.63, 3.8) is 0 Å². The number of carboxylic acids is 1. The molecule has 1 fully saturated rings. The number of hydrogen-bond donors (Lipinski definition) is 1. The quantitative estimate of drug-likeness (QED) is 0.905. The van der Waals surface area contributed by atoms with Gasteiger partial charge in [0.05, 0.1) is 24.8 Å². The van der Waals surface area contributed by atoms with E-state index in [1.165, 1.54) is 0 Å². The lowest BCUT2D eigenvalue weighted by Crippen LogP contribution is -2.41. The van der Waals surface area contributed by atoms with Crippen molar-refractivity contribution in [2.24, 2.45) is 5.92 Å². The molecule has 1 aliphatic heterocycles. The molecular weight excluding hydrogens is 316 g/mol. The summed E-state index contributed by atoms with van der Waals surface area (Å²) in [6, 6.07) is 13.9. The number of nitrogens with zero attached hydrogens (tertiary/aromatic N) is 2. The fourth-order valence-corrected chi connectivity index (χ4v) is 3.54. The molecule has 0 aliphatic carbocycles. The Labute approximate surface area is 148 Å². The van der Waals surface area contributed by atoms with Gasteiger partial charge in [0, 0.05) is 12.2 Å². The fraction of sp³-hybridized carbons (Fsp3) is 0.400. The third kappa shape index (κ3) is 3.99. The molecule has 25 heavy (non-hydrogen) atoms. The SMILES string of the molecule is COc1cccc(C(c2cccc(C)n2)N2CCCC(C(=O)O)C2)c1. The van der Waals surface area contributed by atoms with E-state index >= 15 is 0 Å². The highest BCUT2D eigenvalue weighted by Gasteiger charge is 2.32. The van der Waals surface area contributed by atoms with Crippen LogP contribution in [0.15, 0.2) is 42.5 Å². The van der Waals surface area contributed by atoms with Crippen LogP contribution in [0, 0.1) is 12.8 Å². The Bertz CT molecular complexity index is 747. The van der Waals surface area contributed by atoms with E-state index in [1.54, 1.807) is 7.11 Å². The number of aryl methyl sites for hydroxylation is 1. The van der Waals surface area contributed by atoms with Gasteiger partial charge in [-0.25, -0.2) is 0 Å². The van der Waals surface area contributed by atoms with Crippen molar-refractivity contribution in [2.75, 3.05) is 20.2 Å². The van der Waals surface area contributed by atoms with Crippen LogP contribution in [0.3, 0.4) is 0 Å². The molecule has 1 N–H and O–H groups in total. The topological polar surface area (TPSA) is 62.7 Å². The summed E-state index contributed by atoms with van der Waals surface area (Å²) in [5.74, 6) is -0.250. The van der Waals surface area contributed by atoms with Gasteiger partial charge in [-0.2, -0.15) is 0 Å². The molecule has 1 saturated heterocycles. The first-order chi connectivity index (χ1) is 12.1. The summed E-state index contributed by atoms with van der Waals surface area (Å²) >= 11 is 0. The van der Waals surface area contributed by atoms with Gasteiger partial charge in [0.25, 0.3) is 0 Å². The van der Waals surface area contributed by atoms with Crippen LogP contribution in [0.5, 0.6) is 5.75 Å². The molecule has 2 heterocycles. The molecule has 0 spiro atoms. The number of hydrogen-bond acceptors (Lipinski definition) is 4. The lowest BCUT2D eigenvalue weighted by Gasteiger charge is -2.37. The van der Waals surface area contributed by atoms with Crippen LogP contribution in [0.25, 0.3) is 0 Å². The zero-order valence-corrected chi connectivity index (χ0v) is 14.7. The molecule has 2 aromatic rings. The van der Waals surface area contributed by atoms with Crippen molar-refractivity contribution in [1.29, 1.82) is 0 Å². The Morgan fingerprint density at radius 1 is 1.32 bits per heavy atom. The third-order valence-corrected chi connectivity index (χ3v) is 4.77. The van der Waals surface area contributed by atoms with Gasteiger partial charge >= 0.3 is 5.97 Å². The number of carboxylic acid groups (broad SMARTS) is 1. The summed E-state index contributed by atoms with van der Waals surface area (Å²) in [6.07, 6.45) is 1.61. The number of piperidine rings is 1. The van der Waals surface area contributed by atoms with E-state index in [2.05, 4.69) is 11.0 Å². The number of rotatable bonds is 5. The predicted octanol–water partition coefficient (Wildman–Crippen LogP) is 3.28. The minimum Gasteiger partial charge on any atom is -0.497 e. The maximum Gasteiger partial charge on any atom is 0.307 e. The number of likely N-dealkylation sites (tertiary alicyclic amines) is 1. The second kappa shape index (κ2) is 7.66. The van der Waals surface area contributed by atoms with Crippen LogP contribution in [-0.4, -0.2) is 41.2 Å². The van der Waals surface area contributed by atoms with Crippen LogP contribution in [0.1, 0.15) is 35.8 Å². The lowest BCUT2D eigenvalue weighted by molar-refractivity contribution is -0.143. The van der Waals surface area contributed by atoms with Gasteiger partial charge < -0.3 is 9.84 Å². The van der Waals surface area contributed by atoms with Crippen LogP contribution >= 0.6 is 0 Å². The highest BCUT2D eigenvalue weighted by molar-refractivity contribution is 5.70. The Balaban J connectivity index is 2.01. The fourth-order valence-electron chi connectivity index (χ4n) is 3.54. The number of aromatic nitrogens is 1. The summed E-state index contributed by atoms with van der Waals surface area (Å²) in [5.41, 5.74) is 2.97. The van der Waals surface area contributed by atoms with E-state index in [0.717, 1.165) is 42.1 Å². The van der Waals surface area contributed by atoms with Gasteiger partial charge in [-0.3, -0.25) is 14.7 Å². The summed E-state index contributed by atoms with van der Waals surface area (Å²) in [4.78, 5) is 18.4. The minimum absolute atomic E-state index is 0.0721. The molecule has 1 aliphatic rings. The molecule has 2 atom stereocenters. The van der Waals surface area contributed by atoms with Crippen molar-refractivity contribution in [2.45, 2.75) is 25.8 Å². The van der Waals surface area contributed by atoms with E-state index < -0.39 is 5.97 Å². The molecule has 0 radical (unpaired) electrons. The number of methoxy groups -OCH3 is 1. The van der Waals surface area contributed by atoms with Crippen LogP contribution in [-0.2, 0) is 4.79 Å². The second-order valence-electron chi connectivity index (χ2n) is 6.56. The second-order valence-corrected chi connectivity index (χ2v) is 6.56. The van der Waals surface area contributed by atoms with Gasteiger partial charge in [-0.05, 0) is 56.1 Å². The number of aliphatic carboxylic acids is 1. The molecular formula is C20H24N2O3. The Kier molecular flexibility index (Phi) is 5.34. The first-order valence-electron chi connectivity index (χ1n) is 8.63. The van der Waals surface area contributed by atoms with Crippen molar-refractivity contribution >= 4 is 5.97 Å². The monoisotopic (exact) mass is 340 g/mol. The number of pyridine rings is 1. The zero-order chi connectivity index (χ0) is 17.8. The van der Waals surface area contributed by atoms with Crippen molar-refractivity contribution in [1.82, 2.24) is 9.88 Å². The minimum atomic E-state index is -0.716. The number of benzene rings is 1. The van der Waals surface area contributed by atoms with Crippen molar-refractivity contribution in [3.05, 3.63) is 59.4 Å². The molecule has 0 bridgehead atoms. The molecule has 2 unspecified atom stereocenters. The summed E-state index contributed by atoms with van der Waals surface area (Å²) < 4.78 is 5.38. The molecule has 5 heteroatoms. The Hall–Kier alpha value is -2.40. The van der Waals surface area contributed by atoms with E-state index in [1.807, 2.05) is 43.3 Å². The van der Waals surface area contributed by atoms with Crippen LogP contribution in [0.2, 0.25) is 0 Å².